The zero-order valence-electron chi connectivity index (χ0n) is 11.0. The molecule has 0 aliphatic heterocycles. The van der Waals surface area contributed by atoms with Gasteiger partial charge >= 0.3 is 5.97 Å². The lowest BCUT2D eigenvalue weighted by molar-refractivity contribution is 0.0692. The van der Waals surface area contributed by atoms with E-state index < -0.39 is 5.97 Å². The van der Waals surface area contributed by atoms with Gasteiger partial charge in [-0.15, -0.1) is 0 Å². The molecule has 2 rings (SSSR count). The molecule has 1 fully saturated rings. The largest absolute Gasteiger partial charge is 0.493 e. The van der Waals surface area contributed by atoms with Crippen LogP contribution in [-0.2, 0) is 0 Å². The van der Waals surface area contributed by atoms with Crippen molar-refractivity contribution in [2.45, 2.75) is 37.4 Å². The molecule has 1 saturated carbocycles. The lowest BCUT2D eigenvalue weighted by Gasteiger charge is -2.10. The summed E-state index contributed by atoms with van der Waals surface area (Å²) in [6, 6.07) is 6.81. The molecule has 0 unspecified atom stereocenters. The first-order valence-electron chi connectivity index (χ1n) is 6.84. The Labute approximate surface area is 118 Å². The Bertz CT molecular complexity index is 414. The van der Waals surface area contributed by atoms with Crippen LogP contribution in [0.1, 0.15) is 42.5 Å². The molecule has 0 bridgehead atoms. The van der Waals surface area contributed by atoms with Crippen LogP contribution in [0.3, 0.4) is 0 Å². The topological polar surface area (TPSA) is 46.5 Å². The number of ether oxygens (including phenoxy) is 1. The fourth-order valence-corrected chi connectivity index (χ4v) is 3.60. The SMILES string of the molecule is O=C(O)c1ccccc1OCCCSC1CCCC1. The number of rotatable bonds is 7. The predicted molar refractivity (Wildman–Crippen MR) is 78.2 cm³/mol. The van der Waals surface area contributed by atoms with Gasteiger partial charge in [-0.1, -0.05) is 25.0 Å². The molecule has 0 amide bonds. The Hall–Kier alpha value is -1.16. The van der Waals surface area contributed by atoms with E-state index in [-0.39, 0.29) is 5.56 Å². The van der Waals surface area contributed by atoms with Crippen molar-refractivity contribution in [3.8, 4) is 5.75 Å². The van der Waals surface area contributed by atoms with Crippen LogP contribution in [0.5, 0.6) is 5.75 Å². The van der Waals surface area contributed by atoms with Gasteiger partial charge in [0, 0.05) is 5.25 Å². The number of carboxylic acids is 1. The number of hydrogen-bond donors (Lipinski definition) is 1. The quantitative estimate of drug-likeness (QED) is 0.771. The molecule has 0 aromatic heterocycles. The van der Waals surface area contributed by atoms with Crippen LogP contribution in [0.25, 0.3) is 0 Å². The highest BCUT2D eigenvalue weighted by molar-refractivity contribution is 7.99. The second kappa shape index (κ2) is 7.43. The minimum atomic E-state index is -0.934. The highest BCUT2D eigenvalue weighted by Crippen LogP contribution is 2.29. The lowest BCUT2D eigenvalue weighted by Crippen LogP contribution is -2.05. The number of aromatic carboxylic acids is 1. The molecular weight excluding hydrogens is 260 g/mol. The first-order valence-corrected chi connectivity index (χ1v) is 7.89. The average Bonchev–Trinajstić information content (AvgIpc) is 2.92. The van der Waals surface area contributed by atoms with Crippen LogP contribution >= 0.6 is 11.8 Å². The highest BCUT2D eigenvalue weighted by Gasteiger charge is 2.14. The van der Waals surface area contributed by atoms with E-state index in [1.807, 2.05) is 11.8 Å². The van der Waals surface area contributed by atoms with E-state index in [0.717, 1.165) is 17.4 Å². The van der Waals surface area contributed by atoms with Crippen molar-refractivity contribution in [3.63, 3.8) is 0 Å². The highest BCUT2D eigenvalue weighted by atomic mass is 32.2. The van der Waals surface area contributed by atoms with Crippen LogP contribution in [-0.4, -0.2) is 28.7 Å². The first kappa shape index (κ1) is 14.3. The molecule has 4 heteroatoms. The number of benzene rings is 1. The summed E-state index contributed by atoms with van der Waals surface area (Å²) in [7, 11) is 0. The summed E-state index contributed by atoms with van der Waals surface area (Å²) in [5.41, 5.74) is 0.242. The second-order valence-corrected chi connectivity index (χ2v) is 6.19. The molecule has 0 radical (unpaired) electrons. The zero-order valence-corrected chi connectivity index (χ0v) is 11.8. The lowest BCUT2D eigenvalue weighted by atomic mass is 10.2. The van der Waals surface area contributed by atoms with Crippen molar-refractivity contribution in [1.29, 1.82) is 0 Å². The minimum absolute atomic E-state index is 0.242. The molecule has 3 nitrogen and oxygen atoms in total. The van der Waals surface area contributed by atoms with E-state index in [2.05, 4.69) is 0 Å². The number of thioether (sulfide) groups is 1. The van der Waals surface area contributed by atoms with E-state index >= 15 is 0 Å². The van der Waals surface area contributed by atoms with Crippen molar-refractivity contribution >= 4 is 17.7 Å². The Kier molecular flexibility index (Phi) is 5.58. The van der Waals surface area contributed by atoms with Gasteiger partial charge in [-0.05, 0) is 37.1 Å². The summed E-state index contributed by atoms with van der Waals surface area (Å²) < 4.78 is 5.57. The maximum atomic E-state index is 11.0. The molecular formula is C15H20O3S. The summed E-state index contributed by atoms with van der Waals surface area (Å²) in [4.78, 5) is 11.0. The Morgan fingerprint density at radius 3 is 2.79 bits per heavy atom. The second-order valence-electron chi connectivity index (χ2n) is 4.78. The normalized spacial score (nSPS) is 15.6. The van der Waals surface area contributed by atoms with Gasteiger partial charge in [-0.2, -0.15) is 11.8 Å². The summed E-state index contributed by atoms with van der Waals surface area (Å²) in [5, 5.41) is 9.87. The van der Waals surface area contributed by atoms with Crippen molar-refractivity contribution in [1.82, 2.24) is 0 Å². The van der Waals surface area contributed by atoms with Crippen molar-refractivity contribution in [2.75, 3.05) is 12.4 Å². The molecule has 1 aromatic carbocycles. The van der Waals surface area contributed by atoms with Gasteiger partial charge in [-0.3, -0.25) is 0 Å². The number of para-hydroxylation sites is 1. The van der Waals surface area contributed by atoms with Gasteiger partial charge in [-0.25, -0.2) is 4.79 Å². The summed E-state index contributed by atoms with van der Waals surface area (Å²) in [6.45, 7) is 0.587. The number of hydrogen-bond acceptors (Lipinski definition) is 3. The standard InChI is InChI=1S/C15H20O3S/c16-15(17)13-8-3-4-9-14(13)18-10-5-11-19-12-6-1-2-7-12/h3-4,8-9,12H,1-2,5-7,10-11H2,(H,16,17). The van der Waals surface area contributed by atoms with Crippen LogP contribution in [0, 0.1) is 0 Å². The summed E-state index contributed by atoms with van der Waals surface area (Å²) >= 11 is 2.03. The maximum absolute atomic E-state index is 11.0. The third-order valence-electron chi connectivity index (χ3n) is 3.32. The molecule has 1 N–H and O–H groups in total. The average molecular weight is 280 g/mol. The Morgan fingerprint density at radius 2 is 2.05 bits per heavy atom. The van der Waals surface area contributed by atoms with Gasteiger partial charge in [0.05, 0.1) is 6.61 Å². The fraction of sp³-hybridized carbons (Fsp3) is 0.533. The maximum Gasteiger partial charge on any atom is 0.339 e. The molecule has 0 spiro atoms. The molecule has 1 aromatic rings. The Balaban J connectivity index is 1.69. The summed E-state index contributed by atoms with van der Waals surface area (Å²) in [6.07, 6.45) is 6.43. The molecule has 0 heterocycles. The van der Waals surface area contributed by atoms with Crippen LogP contribution in [0.4, 0.5) is 0 Å². The first-order chi connectivity index (χ1) is 9.27. The van der Waals surface area contributed by atoms with Gasteiger partial charge in [0.15, 0.2) is 0 Å². The van der Waals surface area contributed by atoms with Gasteiger partial charge in [0.25, 0.3) is 0 Å². The predicted octanol–water partition coefficient (Wildman–Crippen LogP) is 3.83. The number of carbonyl (C=O) groups is 1. The molecule has 19 heavy (non-hydrogen) atoms. The third-order valence-corrected chi connectivity index (χ3v) is 4.79. The van der Waals surface area contributed by atoms with Crippen LogP contribution < -0.4 is 4.74 Å². The van der Waals surface area contributed by atoms with Gasteiger partial charge < -0.3 is 9.84 Å². The van der Waals surface area contributed by atoms with E-state index in [1.165, 1.54) is 25.7 Å². The van der Waals surface area contributed by atoms with Crippen molar-refractivity contribution in [2.24, 2.45) is 0 Å². The summed E-state index contributed by atoms with van der Waals surface area (Å²) in [5.74, 6) is 0.636. The van der Waals surface area contributed by atoms with Gasteiger partial charge in [0.2, 0.25) is 0 Å². The monoisotopic (exact) mass is 280 g/mol. The van der Waals surface area contributed by atoms with Crippen molar-refractivity contribution < 1.29 is 14.6 Å². The van der Waals surface area contributed by atoms with E-state index in [1.54, 1.807) is 24.3 Å². The van der Waals surface area contributed by atoms with Crippen LogP contribution in [0.15, 0.2) is 24.3 Å². The van der Waals surface area contributed by atoms with Crippen molar-refractivity contribution in [3.05, 3.63) is 29.8 Å². The number of carboxylic acid groups (broad SMARTS) is 1. The van der Waals surface area contributed by atoms with E-state index in [4.69, 9.17) is 9.84 Å². The molecule has 1 aliphatic carbocycles. The minimum Gasteiger partial charge on any atom is -0.493 e. The molecule has 104 valence electrons. The van der Waals surface area contributed by atoms with Crippen LogP contribution in [0.2, 0.25) is 0 Å². The molecule has 1 aliphatic rings. The zero-order chi connectivity index (χ0) is 13.5. The smallest absolute Gasteiger partial charge is 0.339 e. The molecule has 0 atom stereocenters. The van der Waals surface area contributed by atoms with Gasteiger partial charge in [0.1, 0.15) is 11.3 Å². The third kappa shape index (κ3) is 4.46. The molecule has 0 saturated heterocycles. The Morgan fingerprint density at radius 1 is 1.32 bits per heavy atom. The fourth-order valence-electron chi connectivity index (χ4n) is 2.32. The van der Waals surface area contributed by atoms with E-state index in [0.29, 0.717) is 12.4 Å². The van der Waals surface area contributed by atoms with E-state index in [9.17, 15) is 4.79 Å².